The van der Waals surface area contributed by atoms with E-state index in [9.17, 15) is 9.90 Å². The van der Waals surface area contributed by atoms with Crippen LogP contribution in [0.2, 0.25) is 0 Å². The zero-order valence-electron chi connectivity index (χ0n) is 11.3. The highest BCUT2D eigenvalue weighted by molar-refractivity contribution is 5.73. The molecule has 0 saturated carbocycles. The summed E-state index contributed by atoms with van der Waals surface area (Å²) >= 11 is 0. The molecular formula is C15H17N3O2. The number of aromatic nitrogens is 2. The molecule has 0 saturated heterocycles. The number of aryl methyl sites for hydroxylation is 1. The van der Waals surface area contributed by atoms with Crippen LogP contribution in [0.25, 0.3) is 0 Å². The van der Waals surface area contributed by atoms with E-state index in [0.29, 0.717) is 18.8 Å². The van der Waals surface area contributed by atoms with Gasteiger partial charge in [0.2, 0.25) is 0 Å². The van der Waals surface area contributed by atoms with Gasteiger partial charge in [0.15, 0.2) is 0 Å². The minimum absolute atomic E-state index is 0.435. The van der Waals surface area contributed by atoms with Gasteiger partial charge in [-0.25, -0.2) is 9.97 Å². The van der Waals surface area contributed by atoms with E-state index in [1.54, 1.807) is 12.4 Å². The maximum absolute atomic E-state index is 11.3. The van der Waals surface area contributed by atoms with Gasteiger partial charge in [0.1, 0.15) is 11.9 Å². The number of carbonyl (C=O) groups is 1. The third kappa shape index (κ3) is 4.13. The van der Waals surface area contributed by atoms with Gasteiger partial charge in [-0.3, -0.25) is 10.1 Å². The van der Waals surface area contributed by atoms with Crippen molar-refractivity contribution in [1.29, 1.82) is 0 Å². The number of nitrogens with zero attached hydrogens (tertiary/aromatic N) is 2. The lowest BCUT2D eigenvalue weighted by molar-refractivity contribution is -0.139. The molecule has 0 spiro atoms. The van der Waals surface area contributed by atoms with Crippen molar-refractivity contribution in [3.63, 3.8) is 0 Å². The summed E-state index contributed by atoms with van der Waals surface area (Å²) in [5.74, 6) is -0.158. The van der Waals surface area contributed by atoms with Crippen LogP contribution >= 0.6 is 0 Å². The highest BCUT2D eigenvalue weighted by Crippen LogP contribution is 2.04. The normalized spacial score (nSPS) is 12.1. The van der Waals surface area contributed by atoms with Crippen LogP contribution in [-0.2, 0) is 17.8 Å². The largest absolute Gasteiger partial charge is 0.480 e. The minimum atomic E-state index is -0.859. The van der Waals surface area contributed by atoms with Gasteiger partial charge in [0, 0.05) is 24.5 Å². The van der Waals surface area contributed by atoms with Crippen LogP contribution in [0.5, 0.6) is 0 Å². The number of aliphatic carboxylic acids is 1. The van der Waals surface area contributed by atoms with Crippen molar-refractivity contribution in [3.05, 3.63) is 59.7 Å². The van der Waals surface area contributed by atoms with Gasteiger partial charge >= 0.3 is 5.97 Å². The molecule has 1 aromatic heterocycles. The molecular weight excluding hydrogens is 254 g/mol. The fourth-order valence-electron chi connectivity index (χ4n) is 1.85. The number of carboxylic acids is 1. The molecule has 104 valence electrons. The first-order chi connectivity index (χ1) is 9.65. The summed E-state index contributed by atoms with van der Waals surface area (Å²) in [6.07, 6.45) is 3.86. The molecule has 5 heteroatoms. The number of hydrogen-bond acceptors (Lipinski definition) is 4. The van der Waals surface area contributed by atoms with Crippen molar-refractivity contribution >= 4 is 5.97 Å². The molecule has 0 aliphatic rings. The summed E-state index contributed by atoms with van der Waals surface area (Å²) in [5.41, 5.74) is 1.86. The molecule has 1 aromatic carbocycles. The Morgan fingerprint density at radius 1 is 1.20 bits per heavy atom. The number of rotatable bonds is 6. The minimum Gasteiger partial charge on any atom is -0.480 e. The first-order valence-corrected chi connectivity index (χ1v) is 6.43. The van der Waals surface area contributed by atoms with Gasteiger partial charge in [-0.2, -0.15) is 0 Å². The predicted molar refractivity (Wildman–Crippen MR) is 75.2 cm³/mol. The summed E-state index contributed by atoms with van der Waals surface area (Å²) in [6, 6.07) is 8.94. The molecule has 2 rings (SSSR count). The Bertz CT molecular complexity index is 555. The molecule has 0 amide bonds. The molecule has 1 heterocycles. The summed E-state index contributed by atoms with van der Waals surface area (Å²) in [7, 11) is 0. The zero-order valence-corrected chi connectivity index (χ0v) is 11.3. The number of hydrogen-bond donors (Lipinski definition) is 2. The van der Waals surface area contributed by atoms with E-state index in [0.717, 1.165) is 11.1 Å². The van der Waals surface area contributed by atoms with Gasteiger partial charge in [-0.05, 0) is 18.9 Å². The Balaban J connectivity index is 1.96. The average molecular weight is 271 g/mol. The summed E-state index contributed by atoms with van der Waals surface area (Å²) in [4.78, 5) is 19.5. The number of nitrogens with one attached hydrogen (secondary N) is 1. The molecule has 20 heavy (non-hydrogen) atoms. The zero-order chi connectivity index (χ0) is 14.4. The Kier molecular flexibility index (Phi) is 4.79. The molecule has 0 aliphatic heterocycles. The lowest BCUT2D eigenvalue weighted by Crippen LogP contribution is -2.38. The van der Waals surface area contributed by atoms with Crippen molar-refractivity contribution in [3.8, 4) is 0 Å². The van der Waals surface area contributed by atoms with Crippen LogP contribution in [0.1, 0.15) is 17.0 Å². The maximum atomic E-state index is 11.3. The predicted octanol–water partition coefficient (Wildman–Crippen LogP) is 1.57. The second kappa shape index (κ2) is 6.77. The standard InChI is InChI=1S/C15H17N3O2/c1-11-16-8-13(9-17-11)10-18-14(15(19)20)7-12-5-3-2-4-6-12/h2-6,8-9,14,18H,7,10H2,1H3,(H,19,20)/t14-/m0/s1. The van der Waals surface area contributed by atoms with Crippen LogP contribution in [0, 0.1) is 6.92 Å². The van der Waals surface area contributed by atoms with Gasteiger partial charge in [-0.15, -0.1) is 0 Å². The average Bonchev–Trinajstić information content (AvgIpc) is 2.46. The summed E-state index contributed by atoms with van der Waals surface area (Å²) < 4.78 is 0. The summed E-state index contributed by atoms with van der Waals surface area (Å²) in [6.45, 7) is 2.25. The fraction of sp³-hybridized carbons (Fsp3) is 0.267. The molecule has 0 radical (unpaired) electrons. The second-order valence-corrected chi connectivity index (χ2v) is 4.60. The summed E-state index contributed by atoms with van der Waals surface area (Å²) in [5, 5.41) is 12.3. The van der Waals surface area contributed by atoms with Crippen LogP contribution in [0.3, 0.4) is 0 Å². The van der Waals surface area contributed by atoms with Gasteiger partial charge in [0.25, 0.3) is 0 Å². The lowest BCUT2D eigenvalue weighted by Gasteiger charge is -2.14. The number of benzene rings is 1. The first-order valence-electron chi connectivity index (χ1n) is 6.43. The Morgan fingerprint density at radius 2 is 1.85 bits per heavy atom. The molecule has 0 aliphatic carbocycles. The van der Waals surface area contributed by atoms with E-state index in [-0.39, 0.29) is 0 Å². The van der Waals surface area contributed by atoms with E-state index in [2.05, 4.69) is 15.3 Å². The molecule has 2 aromatic rings. The third-order valence-corrected chi connectivity index (χ3v) is 2.97. The fourth-order valence-corrected chi connectivity index (χ4v) is 1.85. The molecule has 2 N–H and O–H groups in total. The van der Waals surface area contributed by atoms with Crippen LogP contribution in [-0.4, -0.2) is 27.1 Å². The van der Waals surface area contributed by atoms with E-state index in [1.165, 1.54) is 0 Å². The van der Waals surface area contributed by atoms with Crippen LogP contribution < -0.4 is 5.32 Å². The smallest absolute Gasteiger partial charge is 0.321 e. The van der Waals surface area contributed by atoms with E-state index < -0.39 is 12.0 Å². The van der Waals surface area contributed by atoms with Crippen molar-refractivity contribution < 1.29 is 9.90 Å². The number of carboxylic acid groups (broad SMARTS) is 1. The van der Waals surface area contributed by atoms with Crippen LogP contribution in [0.4, 0.5) is 0 Å². The quantitative estimate of drug-likeness (QED) is 0.834. The van der Waals surface area contributed by atoms with E-state index in [4.69, 9.17) is 0 Å². The van der Waals surface area contributed by atoms with Gasteiger partial charge in [0.05, 0.1) is 0 Å². The van der Waals surface area contributed by atoms with Crippen molar-refractivity contribution in [2.24, 2.45) is 0 Å². The van der Waals surface area contributed by atoms with E-state index in [1.807, 2.05) is 37.3 Å². The maximum Gasteiger partial charge on any atom is 0.321 e. The second-order valence-electron chi connectivity index (χ2n) is 4.60. The Labute approximate surface area is 117 Å². The third-order valence-electron chi connectivity index (χ3n) is 2.97. The monoisotopic (exact) mass is 271 g/mol. The topological polar surface area (TPSA) is 75.1 Å². The lowest BCUT2D eigenvalue weighted by atomic mass is 10.1. The van der Waals surface area contributed by atoms with E-state index >= 15 is 0 Å². The Hall–Kier alpha value is -2.27. The molecule has 1 atom stereocenters. The Morgan fingerprint density at radius 3 is 2.45 bits per heavy atom. The molecule has 0 fully saturated rings. The van der Waals surface area contributed by atoms with Crippen molar-refractivity contribution in [2.45, 2.75) is 25.9 Å². The highest BCUT2D eigenvalue weighted by atomic mass is 16.4. The van der Waals surface area contributed by atoms with Crippen LogP contribution in [0.15, 0.2) is 42.7 Å². The molecule has 0 unspecified atom stereocenters. The first kappa shape index (κ1) is 14.1. The van der Waals surface area contributed by atoms with Gasteiger partial charge < -0.3 is 5.11 Å². The molecule has 0 bridgehead atoms. The van der Waals surface area contributed by atoms with Gasteiger partial charge in [-0.1, -0.05) is 30.3 Å². The molecule has 5 nitrogen and oxygen atoms in total. The SMILES string of the molecule is Cc1ncc(CN[C@@H](Cc2ccccc2)C(=O)O)cn1. The van der Waals surface area contributed by atoms with Crippen molar-refractivity contribution in [1.82, 2.24) is 15.3 Å². The highest BCUT2D eigenvalue weighted by Gasteiger charge is 2.17. The van der Waals surface area contributed by atoms with Crippen molar-refractivity contribution in [2.75, 3.05) is 0 Å².